The predicted octanol–water partition coefficient (Wildman–Crippen LogP) is 2.71. The van der Waals surface area contributed by atoms with Crippen molar-refractivity contribution in [1.29, 1.82) is 0 Å². The molecule has 0 aliphatic carbocycles. The minimum Gasteiger partial charge on any atom is -0.497 e. The van der Waals surface area contributed by atoms with Crippen molar-refractivity contribution in [3.8, 4) is 11.5 Å². The molecule has 192 valence electrons. The van der Waals surface area contributed by atoms with Crippen LogP contribution in [0.2, 0.25) is 0 Å². The van der Waals surface area contributed by atoms with Gasteiger partial charge in [0.25, 0.3) is 5.56 Å². The summed E-state index contributed by atoms with van der Waals surface area (Å²) in [5.41, 5.74) is 2.81. The Hall–Kier alpha value is -4.16. The van der Waals surface area contributed by atoms with Crippen LogP contribution in [0.5, 0.6) is 11.5 Å². The fourth-order valence-corrected chi connectivity index (χ4v) is 3.89. The number of aromatic amines is 1. The lowest BCUT2D eigenvalue weighted by Crippen LogP contribution is -2.30. The molecule has 0 spiro atoms. The van der Waals surface area contributed by atoms with Gasteiger partial charge in [0.15, 0.2) is 11.2 Å². The van der Waals surface area contributed by atoms with Crippen molar-refractivity contribution in [1.82, 2.24) is 19.1 Å². The molecule has 0 bridgehead atoms. The number of hydrazone groups is 1. The molecule has 4 rings (SSSR count). The van der Waals surface area contributed by atoms with Gasteiger partial charge in [0.1, 0.15) is 24.2 Å². The fraction of sp³-hybridized carbons (Fsp3) is 0.200. The minimum absolute atomic E-state index is 0.0488. The summed E-state index contributed by atoms with van der Waals surface area (Å²) in [6.45, 7) is -0.101. The molecule has 0 fully saturated rings. The van der Waals surface area contributed by atoms with E-state index in [9.17, 15) is 14.7 Å². The summed E-state index contributed by atoms with van der Waals surface area (Å²) in [5, 5.41) is 14.9. The highest BCUT2D eigenvalue weighted by molar-refractivity contribution is 9.12. The van der Waals surface area contributed by atoms with E-state index in [1.807, 2.05) is 36.4 Å². The highest BCUT2D eigenvalue weighted by atomic mass is 79.9. The Kier molecular flexibility index (Phi) is 8.21. The molecule has 0 saturated carbocycles. The van der Waals surface area contributed by atoms with Crippen LogP contribution in [0.3, 0.4) is 0 Å². The lowest BCUT2D eigenvalue weighted by molar-refractivity contribution is 0.0938. The lowest BCUT2D eigenvalue weighted by Gasteiger charge is -2.15. The van der Waals surface area contributed by atoms with Crippen molar-refractivity contribution in [2.24, 2.45) is 12.1 Å². The normalized spacial score (nSPS) is 12.7. The number of nitrogens with zero attached hydrogens (tertiary/aromatic N) is 4. The Balaban J connectivity index is 1.56. The maximum atomic E-state index is 12.7. The molecule has 11 nitrogen and oxygen atoms in total. The maximum Gasteiger partial charge on any atom is 0.329 e. The molecule has 3 N–H and O–H groups in total. The van der Waals surface area contributed by atoms with Gasteiger partial charge in [0, 0.05) is 11.5 Å². The van der Waals surface area contributed by atoms with E-state index >= 15 is 0 Å². The van der Waals surface area contributed by atoms with Gasteiger partial charge in [-0.15, -0.1) is 0 Å². The highest BCUT2D eigenvalue weighted by Gasteiger charge is 2.20. The van der Waals surface area contributed by atoms with Crippen LogP contribution in [-0.2, 0) is 13.6 Å². The van der Waals surface area contributed by atoms with Gasteiger partial charge in [0.05, 0.1) is 19.9 Å². The Bertz CT molecular complexity index is 1540. The average molecular weight is 569 g/mol. The van der Waals surface area contributed by atoms with Crippen molar-refractivity contribution in [2.45, 2.75) is 12.6 Å². The number of allylic oxidation sites excluding steroid dienone is 1. The third kappa shape index (κ3) is 6.35. The van der Waals surface area contributed by atoms with Gasteiger partial charge >= 0.3 is 5.69 Å². The molecule has 2 heterocycles. The lowest BCUT2D eigenvalue weighted by atomic mass is 10.2. The second-order valence-electron chi connectivity index (χ2n) is 7.99. The zero-order chi connectivity index (χ0) is 26.4. The summed E-state index contributed by atoms with van der Waals surface area (Å²) in [5.74, 6) is 1.40. The summed E-state index contributed by atoms with van der Waals surface area (Å²) in [6, 6.07) is 16.6. The molecule has 37 heavy (non-hydrogen) atoms. The highest BCUT2D eigenvalue weighted by Crippen LogP contribution is 2.19. The molecular formula is C25H25BrN6O5. The SMILES string of the molecule is COc1ccc(OC[C@@H](O)Cn2c(N/N=C\C(Br)=C\c3ccccc3)nc3c2c(=O)[nH]c(=O)n3C)cc1. The first-order valence-electron chi connectivity index (χ1n) is 11.2. The van der Waals surface area contributed by atoms with Crippen molar-refractivity contribution in [3.05, 3.63) is 85.5 Å². The Morgan fingerprint density at radius 2 is 1.89 bits per heavy atom. The van der Waals surface area contributed by atoms with Gasteiger partial charge in [-0.25, -0.2) is 10.2 Å². The number of hydrogen-bond acceptors (Lipinski definition) is 8. The predicted molar refractivity (Wildman–Crippen MR) is 146 cm³/mol. The Morgan fingerprint density at radius 3 is 2.59 bits per heavy atom. The number of anilines is 1. The van der Waals surface area contributed by atoms with Crippen molar-refractivity contribution in [2.75, 3.05) is 19.1 Å². The number of methoxy groups -OCH3 is 1. The summed E-state index contributed by atoms with van der Waals surface area (Å²) in [4.78, 5) is 31.4. The monoisotopic (exact) mass is 568 g/mol. The van der Waals surface area contributed by atoms with E-state index < -0.39 is 17.4 Å². The fourth-order valence-electron chi connectivity index (χ4n) is 3.52. The standard InChI is InChI=1S/C25H25BrN6O5/c1-31-22-21(23(34)29-25(31)35)32(14-18(33)15-37-20-10-8-19(36-2)9-11-20)24(28-22)30-27-13-17(26)12-16-6-4-3-5-7-16/h3-13,18,33H,14-15H2,1-2H3,(H,28,30)(H,29,34,35)/b17-12-,27-13-/t18-/m0/s1. The number of aliphatic hydroxyl groups is 1. The third-order valence-corrected chi connectivity index (χ3v) is 5.79. The first-order valence-corrected chi connectivity index (χ1v) is 12.0. The average Bonchev–Trinajstić information content (AvgIpc) is 3.25. The van der Waals surface area contributed by atoms with E-state index in [4.69, 9.17) is 9.47 Å². The number of benzene rings is 2. The van der Waals surface area contributed by atoms with Crippen LogP contribution >= 0.6 is 15.9 Å². The largest absolute Gasteiger partial charge is 0.497 e. The van der Waals surface area contributed by atoms with Crippen LogP contribution in [0.4, 0.5) is 5.95 Å². The van der Waals surface area contributed by atoms with Crippen molar-refractivity contribution < 1.29 is 14.6 Å². The van der Waals surface area contributed by atoms with Crippen molar-refractivity contribution in [3.63, 3.8) is 0 Å². The second kappa shape index (κ2) is 11.7. The Morgan fingerprint density at radius 1 is 1.19 bits per heavy atom. The van der Waals surface area contributed by atoms with Gasteiger partial charge < -0.3 is 19.1 Å². The minimum atomic E-state index is -1.01. The van der Waals surface area contributed by atoms with Gasteiger partial charge in [-0.2, -0.15) is 10.1 Å². The second-order valence-corrected chi connectivity index (χ2v) is 8.90. The van der Waals surface area contributed by atoms with Gasteiger partial charge in [0.2, 0.25) is 5.95 Å². The molecule has 1 atom stereocenters. The number of nitrogens with one attached hydrogen (secondary N) is 2. The van der Waals surface area contributed by atoms with Gasteiger partial charge in [-0.1, -0.05) is 30.3 Å². The number of aromatic nitrogens is 4. The van der Waals surface area contributed by atoms with Crippen molar-refractivity contribution >= 4 is 45.3 Å². The molecule has 2 aromatic carbocycles. The number of rotatable bonds is 10. The Labute approximate surface area is 219 Å². The van der Waals surface area contributed by atoms with Gasteiger partial charge in [-0.3, -0.25) is 14.3 Å². The summed E-state index contributed by atoms with van der Waals surface area (Å²) in [7, 11) is 3.06. The molecule has 0 radical (unpaired) electrons. The summed E-state index contributed by atoms with van der Waals surface area (Å²) in [6.07, 6.45) is 2.40. The number of hydrogen-bond donors (Lipinski definition) is 3. The first-order chi connectivity index (χ1) is 17.9. The van der Waals surface area contributed by atoms with Crippen LogP contribution in [0, 0.1) is 0 Å². The smallest absolute Gasteiger partial charge is 0.329 e. The molecule has 4 aromatic rings. The quantitative estimate of drug-likeness (QED) is 0.197. The van der Waals surface area contributed by atoms with Gasteiger partial charge in [-0.05, 0) is 51.8 Å². The number of aryl methyl sites for hydroxylation is 1. The molecule has 0 unspecified atom stereocenters. The molecule has 0 saturated heterocycles. The van der Waals surface area contributed by atoms with Crippen LogP contribution in [-0.4, -0.2) is 50.2 Å². The summed E-state index contributed by atoms with van der Waals surface area (Å²) >= 11 is 3.45. The molecule has 0 aliphatic heterocycles. The van der Waals surface area contributed by atoms with Crippen LogP contribution in [0.1, 0.15) is 5.56 Å². The number of fused-ring (bicyclic) bond motifs is 1. The van der Waals surface area contributed by atoms with E-state index in [2.05, 4.69) is 36.4 Å². The summed E-state index contributed by atoms with van der Waals surface area (Å²) < 4.78 is 14.2. The zero-order valence-corrected chi connectivity index (χ0v) is 21.7. The van der Waals surface area contributed by atoms with E-state index in [0.29, 0.717) is 16.0 Å². The number of H-pyrrole nitrogens is 1. The maximum absolute atomic E-state index is 12.7. The number of aliphatic hydroxyl groups excluding tert-OH is 1. The third-order valence-electron chi connectivity index (χ3n) is 5.36. The van der Waals surface area contributed by atoms with E-state index in [1.165, 1.54) is 22.4 Å². The van der Waals surface area contributed by atoms with Crippen LogP contribution in [0.15, 0.2) is 73.8 Å². The molecule has 0 amide bonds. The molecule has 0 aliphatic rings. The van der Waals surface area contributed by atoms with Crippen LogP contribution in [0.25, 0.3) is 17.2 Å². The zero-order valence-electron chi connectivity index (χ0n) is 20.1. The number of imidazole rings is 1. The molecule has 2 aromatic heterocycles. The number of halogens is 1. The number of ether oxygens (including phenoxy) is 2. The topological polar surface area (TPSA) is 136 Å². The molecule has 12 heteroatoms. The van der Waals surface area contributed by atoms with E-state index in [-0.39, 0.29) is 30.3 Å². The van der Waals surface area contributed by atoms with E-state index in [1.54, 1.807) is 31.4 Å². The molecular weight excluding hydrogens is 544 g/mol. The first kappa shape index (κ1) is 25.9. The van der Waals surface area contributed by atoms with E-state index in [0.717, 1.165) is 5.56 Å². The van der Waals surface area contributed by atoms with Crippen LogP contribution < -0.4 is 26.1 Å².